The number of nitrogens with zero attached hydrogens (tertiary/aromatic N) is 3. The van der Waals surface area contributed by atoms with Crippen molar-refractivity contribution in [3.05, 3.63) is 35.7 Å². The Morgan fingerprint density at radius 2 is 1.88 bits per heavy atom. The molecule has 0 atom stereocenters. The van der Waals surface area contributed by atoms with Crippen LogP contribution in [0.2, 0.25) is 0 Å². The van der Waals surface area contributed by atoms with Gasteiger partial charge >= 0.3 is 0 Å². The second-order valence-corrected chi connectivity index (χ2v) is 5.86. The lowest BCUT2D eigenvalue weighted by atomic mass is 10.2. The van der Waals surface area contributed by atoms with Crippen LogP contribution in [0, 0.1) is 6.92 Å². The highest BCUT2D eigenvalue weighted by atomic mass is 16.5. The number of benzene rings is 1. The van der Waals surface area contributed by atoms with E-state index in [1.807, 2.05) is 11.6 Å². The number of aryl methyl sites for hydroxylation is 1. The van der Waals surface area contributed by atoms with Gasteiger partial charge in [0.25, 0.3) is 0 Å². The number of amides is 1. The molecule has 0 radical (unpaired) electrons. The van der Waals surface area contributed by atoms with Gasteiger partial charge in [0.1, 0.15) is 11.5 Å². The van der Waals surface area contributed by atoms with Gasteiger partial charge in [-0.05, 0) is 13.0 Å². The van der Waals surface area contributed by atoms with E-state index in [1.54, 1.807) is 32.4 Å². The molecule has 0 saturated carbocycles. The number of carbonyl (C=O) groups excluding carboxylic acids is 1. The van der Waals surface area contributed by atoms with E-state index < -0.39 is 0 Å². The molecule has 24 heavy (non-hydrogen) atoms. The van der Waals surface area contributed by atoms with Crippen molar-refractivity contribution < 1.29 is 14.3 Å². The summed E-state index contributed by atoms with van der Waals surface area (Å²) in [5, 5.41) is 7.34. The number of hydrogen-bond donors (Lipinski definition) is 1. The molecular weight excluding hydrogens is 308 g/mol. The Morgan fingerprint density at radius 3 is 2.54 bits per heavy atom. The van der Waals surface area contributed by atoms with E-state index in [-0.39, 0.29) is 5.91 Å². The molecule has 0 spiro atoms. The predicted molar refractivity (Wildman–Crippen MR) is 90.4 cm³/mol. The number of hydrogen-bond acceptors (Lipinski definition) is 5. The summed E-state index contributed by atoms with van der Waals surface area (Å²) in [5.41, 5.74) is 2.82. The van der Waals surface area contributed by atoms with Crippen molar-refractivity contribution in [3.8, 4) is 11.5 Å². The molecule has 7 nitrogen and oxygen atoms in total. The number of fused-ring (bicyclic) bond motifs is 1. The maximum atomic E-state index is 12.3. The van der Waals surface area contributed by atoms with Crippen molar-refractivity contribution in [1.29, 1.82) is 0 Å². The lowest BCUT2D eigenvalue weighted by Crippen LogP contribution is -2.39. The normalized spacial score (nSPS) is 14.1. The number of ether oxygens (including phenoxy) is 2. The Balaban J connectivity index is 1.62. The smallest absolute Gasteiger partial charge is 0.238 e. The minimum Gasteiger partial charge on any atom is -0.497 e. The quantitative estimate of drug-likeness (QED) is 0.903. The van der Waals surface area contributed by atoms with Crippen molar-refractivity contribution >= 4 is 11.6 Å². The Labute approximate surface area is 141 Å². The highest BCUT2D eigenvalue weighted by molar-refractivity contribution is 5.92. The van der Waals surface area contributed by atoms with Gasteiger partial charge in [0, 0.05) is 37.0 Å². The van der Waals surface area contributed by atoms with Gasteiger partial charge in [-0.2, -0.15) is 5.10 Å². The van der Waals surface area contributed by atoms with Crippen LogP contribution < -0.4 is 14.8 Å². The molecule has 7 heteroatoms. The highest BCUT2D eigenvalue weighted by Gasteiger charge is 2.19. The lowest BCUT2D eigenvalue weighted by molar-refractivity contribution is -0.117. The molecule has 128 valence electrons. The fourth-order valence-corrected chi connectivity index (χ4v) is 2.88. The van der Waals surface area contributed by atoms with Gasteiger partial charge in [-0.25, -0.2) is 0 Å². The monoisotopic (exact) mass is 330 g/mol. The molecule has 1 aromatic heterocycles. The highest BCUT2D eigenvalue weighted by Crippen LogP contribution is 2.25. The number of nitrogens with one attached hydrogen (secondary N) is 1. The third-order valence-corrected chi connectivity index (χ3v) is 4.00. The maximum Gasteiger partial charge on any atom is 0.238 e. The van der Waals surface area contributed by atoms with Crippen LogP contribution in [0.1, 0.15) is 11.4 Å². The number of methoxy groups -OCH3 is 2. The van der Waals surface area contributed by atoms with E-state index in [2.05, 4.69) is 21.4 Å². The first-order valence-electron chi connectivity index (χ1n) is 7.86. The molecule has 0 saturated heterocycles. The first-order valence-corrected chi connectivity index (χ1v) is 7.86. The molecular formula is C17H22N4O3. The Kier molecular flexibility index (Phi) is 4.71. The number of aromatic nitrogens is 2. The Morgan fingerprint density at radius 1 is 1.17 bits per heavy atom. The SMILES string of the molecule is COc1cc(NC(=O)CN2CCn3nc(C)cc3C2)cc(OC)c1. The summed E-state index contributed by atoms with van der Waals surface area (Å²) in [6.07, 6.45) is 0. The van der Waals surface area contributed by atoms with Crippen LogP contribution in [0.5, 0.6) is 11.5 Å². The van der Waals surface area contributed by atoms with E-state index in [4.69, 9.17) is 9.47 Å². The van der Waals surface area contributed by atoms with Crippen molar-refractivity contribution in [2.75, 3.05) is 32.6 Å². The lowest BCUT2D eigenvalue weighted by Gasteiger charge is -2.26. The summed E-state index contributed by atoms with van der Waals surface area (Å²) in [5.74, 6) is 1.22. The first-order chi connectivity index (χ1) is 11.6. The van der Waals surface area contributed by atoms with Crippen LogP contribution in [-0.2, 0) is 17.9 Å². The van der Waals surface area contributed by atoms with E-state index in [0.717, 1.165) is 31.0 Å². The third-order valence-electron chi connectivity index (χ3n) is 4.00. The molecule has 2 aromatic rings. The molecule has 2 heterocycles. The Hall–Kier alpha value is -2.54. The minimum absolute atomic E-state index is 0.0602. The van der Waals surface area contributed by atoms with Gasteiger partial charge < -0.3 is 14.8 Å². The number of carbonyl (C=O) groups is 1. The fraction of sp³-hybridized carbons (Fsp3) is 0.412. The van der Waals surface area contributed by atoms with E-state index in [0.29, 0.717) is 23.7 Å². The average Bonchev–Trinajstić information content (AvgIpc) is 2.93. The number of rotatable bonds is 5. The second-order valence-electron chi connectivity index (χ2n) is 5.86. The second kappa shape index (κ2) is 6.92. The Bertz CT molecular complexity index is 719. The van der Waals surface area contributed by atoms with Crippen molar-refractivity contribution in [1.82, 2.24) is 14.7 Å². The molecule has 1 aliphatic heterocycles. The van der Waals surface area contributed by atoms with Gasteiger partial charge in [-0.3, -0.25) is 14.4 Å². The summed E-state index contributed by atoms with van der Waals surface area (Å²) in [4.78, 5) is 14.5. The topological polar surface area (TPSA) is 68.6 Å². The average molecular weight is 330 g/mol. The molecule has 3 rings (SSSR count). The van der Waals surface area contributed by atoms with Gasteiger partial charge in [0.2, 0.25) is 5.91 Å². The largest absolute Gasteiger partial charge is 0.497 e. The zero-order valence-corrected chi connectivity index (χ0v) is 14.2. The van der Waals surface area contributed by atoms with E-state index in [1.165, 1.54) is 0 Å². The van der Waals surface area contributed by atoms with Crippen LogP contribution >= 0.6 is 0 Å². The molecule has 1 N–H and O–H groups in total. The summed E-state index contributed by atoms with van der Waals surface area (Å²) in [6, 6.07) is 7.38. The maximum absolute atomic E-state index is 12.3. The van der Waals surface area contributed by atoms with Crippen molar-refractivity contribution in [2.24, 2.45) is 0 Å². The van der Waals surface area contributed by atoms with E-state index >= 15 is 0 Å². The first kappa shape index (κ1) is 16.3. The summed E-state index contributed by atoms with van der Waals surface area (Å²) >= 11 is 0. The van der Waals surface area contributed by atoms with E-state index in [9.17, 15) is 4.79 Å². The van der Waals surface area contributed by atoms with Crippen LogP contribution in [0.15, 0.2) is 24.3 Å². The zero-order valence-electron chi connectivity index (χ0n) is 14.2. The van der Waals surface area contributed by atoms with Gasteiger partial charge in [0.05, 0.1) is 38.7 Å². The molecule has 0 bridgehead atoms. The summed E-state index contributed by atoms with van der Waals surface area (Å²) in [7, 11) is 3.17. The van der Waals surface area contributed by atoms with Crippen molar-refractivity contribution in [3.63, 3.8) is 0 Å². The van der Waals surface area contributed by atoms with Gasteiger partial charge in [0.15, 0.2) is 0 Å². The molecule has 1 aromatic carbocycles. The predicted octanol–water partition coefficient (Wildman–Crippen LogP) is 1.66. The van der Waals surface area contributed by atoms with Crippen LogP contribution in [0.4, 0.5) is 5.69 Å². The molecule has 0 aliphatic carbocycles. The van der Waals surface area contributed by atoms with Crippen LogP contribution in [0.25, 0.3) is 0 Å². The molecule has 1 aliphatic rings. The molecule has 1 amide bonds. The molecule has 0 fully saturated rings. The minimum atomic E-state index is -0.0602. The standard InChI is InChI=1S/C17H22N4O3/c1-12-6-14-10-20(4-5-21(14)19-12)11-17(22)18-13-7-15(23-2)9-16(8-13)24-3/h6-9H,4-5,10-11H2,1-3H3,(H,18,22). The molecule has 0 unspecified atom stereocenters. The summed E-state index contributed by atoms with van der Waals surface area (Å²) < 4.78 is 12.4. The van der Waals surface area contributed by atoms with Crippen LogP contribution in [0.3, 0.4) is 0 Å². The number of anilines is 1. The zero-order chi connectivity index (χ0) is 17.1. The third kappa shape index (κ3) is 3.68. The summed E-state index contributed by atoms with van der Waals surface area (Å²) in [6.45, 7) is 4.67. The van der Waals surface area contributed by atoms with Crippen molar-refractivity contribution in [2.45, 2.75) is 20.0 Å². The van der Waals surface area contributed by atoms with Gasteiger partial charge in [-0.15, -0.1) is 0 Å². The van der Waals surface area contributed by atoms with Crippen LogP contribution in [-0.4, -0.2) is 47.9 Å². The van der Waals surface area contributed by atoms with Gasteiger partial charge in [-0.1, -0.05) is 0 Å². The fourth-order valence-electron chi connectivity index (χ4n) is 2.88.